The molecule has 0 bridgehead atoms. The van der Waals surface area contributed by atoms with E-state index in [1.165, 1.54) is 5.56 Å². The third-order valence-corrected chi connectivity index (χ3v) is 22.0. The van der Waals surface area contributed by atoms with Crippen molar-refractivity contribution in [1.82, 2.24) is 29.9 Å². The molecule has 15 aromatic carbocycles. The first kappa shape index (κ1) is 70.2. The third-order valence-electron chi connectivity index (χ3n) is 22.0. The van der Waals surface area contributed by atoms with Crippen LogP contribution in [0, 0.1) is 0 Å². The van der Waals surface area contributed by atoms with Gasteiger partial charge in [-0.3, -0.25) is 0 Å². The van der Waals surface area contributed by atoms with Gasteiger partial charge in [0.1, 0.15) is 67.3 Å². The number of hydrogen-bond donors (Lipinski definition) is 0. The number of benzene rings is 15. The van der Waals surface area contributed by atoms with Gasteiger partial charge in [0, 0.05) is 76.3 Å². The van der Waals surface area contributed by atoms with Crippen molar-refractivity contribution in [2.45, 2.75) is 0 Å². The zero-order valence-electron chi connectivity index (χ0n) is 64.2. The van der Waals surface area contributed by atoms with Crippen molar-refractivity contribution in [2.24, 2.45) is 0 Å². The van der Waals surface area contributed by atoms with Gasteiger partial charge in [0.2, 0.25) is 0 Å². The highest BCUT2D eigenvalue weighted by Gasteiger charge is 2.23. The molecule has 24 aromatic rings. The molecule has 0 saturated carbocycles. The fraction of sp³-hybridized carbons (Fsp3) is 0. The highest BCUT2D eigenvalue weighted by Crippen LogP contribution is 2.43. The lowest BCUT2D eigenvalue weighted by molar-refractivity contribution is 0.628. The Kier molecular flexibility index (Phi) is 17.6. The van der Waals surface area contributed by atoms with E-state index in [4.69, 9.17) is 56.4 Å². The molecule has 0 unspecified atom stereocenters. The molecule has 0 amide bonds. The van der Waals surface area contributed by atoms with Crippen LogP contribution in [0.15, 0.2) is 427 Å². The second-order valence-corrected chi connectivity index (χ2v) is 29.5. The molecule has 12 nitrogen and oxygen atoms in total. The van der Waals surface area contributed by atoms with Crippen LogP contribution in [-0.4, -0.2) is 29.9 Å². The summed E-state index contributed by atoms with van der Waals surface area (Å²) in [6.07, 6.45) is 0. The van der Waals surface area contributed by atoms with Gasteiger partial charge in [0.15, 0.2) is 34.8 Å². The van der Waals surface area contributed by atoms with Crippen LogP contribution in [0.1, 0.15) is 0 Å². The van der Waals surface area contributed by atoms with Crippen LogP contribution in [0.2, 0.25) is 0 Å². The maximum Gasteiger partial charge on any atom is 0.164 e. The van der Waals surface area contributed by atoms with Gasteiger partial charge >= 0.3 is 0 Å². The summed E-state index contributed by atoms with van der Waals surface area (Å²) in [5.41, 5.74) is 24.6. The summed E-state index contributed by atoms with van der Waals surface area (Å²) in [6, 6.07) is 135. The number of para-hydroxylation sites is 7. The van der Waals surface area contributed by atoms with E-state index in [0.717, 1.165) is 194 Å². The molecular formula is C108H66N6O6. The summed E-state index contributed by atoms with van der Waals surface area (Å²) in [5, 5.41) is 9.56. The van der Waals surface area contributed by atoms with Crippen LogP contribution in [0.4, 0.5) is 0 Å². The molecule has 24 rings (SSSR count). The summed E-state index contributed by atoms with van der Waals surface area (Å²) in [6.45, 7) is 0. The second kappa shape index (κ2) is 30.1. The number of aromatic nitrogens is 6. The molecule has 0 fully saturated rings. The zero-order valence-corrected chi connectivity index (χ0v) is 64.2. The summed E-state index contributed by atoms with van der Waals surface area (Å²) < 4.78 is 37.4. The smallest absolute Gasteiger partial charge is 0.164 e. The molecule has 0 aliphatic heterocycles. The van der Waals surface area contributed by atoms with Gasteiger partial charge in [0.05, 0.1) is 22.6 Å². The summed E-state index contributed by atoms with van der Waals surface area (Å²) >= 11 is 0. The van der Waals surface area contributed by atoms with Crippen LogP contribution in [0.5, 0.6) is 0 Å². The Morgan fingerprint density at radius 1 is 0.150 bits per heavy atom. The number of nitrogens with zero attached hydrogens (tertiary/aromatic N) is 6. The molecule has 564 valence electrons. The van der Waals surface area contributed by atoms with E-state index in [2.05, 4.69) is 188 Å². The maximum atomic E-state index is 6.34. The monoisotopic (exact) mass is 1540 g/mol. The first-order valence-corrected chi connectivity index (χ1v) is 39.7. The lowest BCUT2D eigenvalue weighted by Crippen LogP contribution is -1.96. The molecule has 9 aromatic heterocycles. The second-order valence-electron chi connectivity index (χ2n) is 29.5. The molecule has 0 aliphatic carbocycles. The molecule has 0 saturated heterocycles. The Hall–Kier alpha value is -16.4. The number of hydrogen-bond acceptors (Lipinski definition) is 12. The summed E-state index contributed by atoms with van der Waals surface area (Å²) in [4.78, 5) is 30.2. The van der Waals surface area contributed by atoms with Gasteiger partial charge in [-0.05, 0) is 143 Å². The van der Waals surface area contributed by atoms with Crippen molar-refractivity contribution in [3.8, 4) is 136 Å². The first-order chi connectivity index (χ1) is 59.4. The lowest BCUT2D eigenvalue weighted by Gasteiger charge is -2.12. The first-order valence-electron chi connectivity index (χ1n) is 39.7. The number of furan rings is 6. The topological polar surface area (TPSA) is 156 Å². The molecule has 0 aliphatic rings. The fourth-order valence-electron chi connectivity index (χ4n) is 16.0. The average molecular weight is 1540 g/mol. The SMILES string of the molecule is c1ccc(-c2ccc(-c3cc(-c4cc5ccccc5o4)nc(-c4cccc5c4oc4ccccc45)n3)cc2)cc1.c1ccc(-c2cccc(-c3cc(-c4cc5ccccc5o4)nc(-c4ccc5c(c4)oc4ccccc45)n3)c2)cc1.c1ccc(-c2ccccc2-c2cc(-c3cc4ccccc4o3)nc(-c3ccc4c(c3)oc3ccccc34)n2)cc1. The van der Waals surface area contributed by atoms with Crippen LogP contribution >= 0.6 is 0 Å². The largest absolute Gasteiger partial charge is 0.456 e. The summed E-state index contributed by atoms with van der Waals surface area (Å²) in [7, 11) is 0. The predicted octanol–water partition coefficient (Wildman–Crippen LogP) is 29.4. The normalized spacial score (nSPS) is 11.5. The number of fused-ring (bicyclic) bond motifs is 12. The minimum Gasteiger partial charge on any atom is -0.456 e. The molecular weight excluding hydrogens is 1480 g/mol. The van der Waals surface area contributed by atoms with E-state index < -0.39 is 0 Å². The van der Waals surface area contributed by atoms with Crippen LogP contribution in [0.25, 0.3) is 234 Å². The van der Waals surface area contributed by atoms with E-state index in [1.807, 2.05) is 212 Å². The van der Waals surface area contributed by atoms with Gasteiger partial charge in [-0.2, -0.15) is 0 Å². The molecule has 0 atom stereocenters. The third kappa shape index (κ3) is 13.4. The molecule has 120 heavy (non-hydrogen) atoms. The van der Waals surface area contributed by atoms with Crippen molar-refractivity contribution in [1.29, 1.82) is 0 Å². The number of rotatable bonds is 12. The molecule has 12 heteroatoms. The average Bonchev–Trinajstić information content (AvgIpc) is 1.62. The quantitative estimate of drug-likeness (QED) is 0.114. The van der Waals surface area contributed by atoms with E-state index >= 15 is 0 Å². The van der Waals surface area contributed by atoms with Crippen molar-refractivity contribution in [3.05, 3.63) is 400 Å². The van der Waals surface area contributed by atoms with Gasteiger partial charge < -0.3 is 26.5 Å². The van der Waals surface area contributed by atoms with Crippen LogP contribution < -0.4 is 0 Å². The minimum atomic E-state index is 0.588. The highest BCUT2D eigenvalue weighted by molar-refractivity contribution is 6.10. The van der Waals surface area contributed by atoms with Gasteiger partial charge in [-0.25, -0.2) is 29.9 Å². The minimum absolute atomic E-state index is 0.588. The standard InChI is InChI=1S/3C36H22N2O2/c1-2-10-23(11-3-1)26-13-5-6-14-27(26)30-22-31(35-20-24-12-4-8-16-32(24)39-35)38-36(37-30)25-18-19-29-28-15-7-9-17-33(28)40-34(29)21-25;1-2-9-23(10-3-1)24-12-8-13-25(19-24)30-22-31(35-20-26-11-4-6-15-32(26)39-35)38-36(37-30)27-17-18-29-28-14-5-7-16-33(28)40-34(29)21-27;1-2-9-23(10-3-1)24-17-19-25(20-18-24)30-22-31(34-21-26-11-4-6-15-32(26)39-34)38-36(37-30)29-14-8-13-28-27-12-5-7-16-33(27)40-35(28)29/h3*1-22H. The van der Waals surface area contributed by atoms with Crippen LogP contribution in [-0.2, 0) is 0 Å². The summed E-state index contributed by atoms with van der Waals surface area (Å²) in [5.74, 6) is 3.91. The van der Waals surface area contributed by atoms with E-state index in [0.29, 0.717) is 34.8 Å². The Labute approximate surface area is 686 Å². The van der Waals surface area contributed by atoms with Gasteiger partial charge in [-0.15, -0.1) is 0 Å². The predicted molar refractivity (Wildman–Crippen MR) is 482 cm³/mol. The Morgan fingerprint density at radius 3 is 1.02 bits per heavy atom. The highest BCUT2D eigenvalue weighted by atomic mass is 16.4. The lowest BCUT2D eigenvalue weighted by atomic mass is 9.97. The van der Waals surface area contributed by atoms with E-state index in [1.54, 1.807) is 0 Å². The van der Waals surface area contributed by atoms with Gasteiger partial charge in [-0.1, -0.05) is 291 Å². The fourth-order valence-corrected chi connectivity index (χ4v) is 16.0. The molecule has 9 heterocycles. The Balaban J connectivity index is 0.000000108. The van der Waals surface area contributed by atoms with E-state index in [-0.39, 0.29) is 0 Å². The molecule has 0 radical (unpaired) electrons. The van der Waals surface area contributed by atoms with E-state index in [9.17, 15) is 0 Å². The van der Waals surface area contributed by atoms with Crippen LogP contribution in [0.3, 0.4) is 0 Å². The molecule has 0 N–H and O–H groups in total. The van der Waals surface area contributed by atoms with Crippen molar-refractivity contribution >= 4 is 98.7 Å². The van der Waals surface area contributed by atoms with Gasteiger partial charge in [0.25, 0.3) is 0 Å². The van der Waals surface area contributed by atoms with Crippen molar-refractivity contribution < 1.29 is 26.5 Å². The van der Waals surface area contributed by atoms with Crippen molar-refractivity contribution in [3.63, 3.8) is 0 Å². The molecule has 0 spiro atoms. The Bertz CT molecular complexity index is 7900. The Morgan fingerprint density at radius 2 is 0.483 bits per heavy atom. The van der Waals surface area contributed by atoms with Crippen molar-refractivity contribution in [2.75, 3.05) is 0 Å². The maximum absolute atomic E-state index is 6.34. The zero-order chi connectivity index (χ0) is 79.4.